The van der Waals surface area contributed by atoms with E-state index in [2.05, 4.69) is 15.3 Å². The third-order valence-corrected chi connectivity index (χ3v) is 3.99. The third kappa shape index (κ3) is 3.36. The Hall–Kier alpha value is -4.07. The molecule has 27 heavy (non-hydrogen) atoms. The number of rotatable bonds is 4. The lowest BCUT2D eigenvalue weighted by Crippen LogP contribution is -2.11. The highest BCUT2D eigenvalue weighted by atomic mass is 16.6. The van der Waals surface area contributed by atoms with Gasteiger partial charge in [-0.1, -0.05) is 18.2 Å². The second-order valence-corrected chi connectivity index (χ2v) is 5.79. The number of carbonyl (C=O) groups excluding carboxylic acids is 1. The number of nitro groups is 1. The van der Waals surface area contributed by atoms with Gasteiger partial charge >= 0.3 is 0 Å². The van der Waals surface area contributed by atoms with Crippen molar-refractivity contribution in [1.29, 1.82) is 0 Å². The predicted octanol–water partition coefficient (Wildman–Crippen LogP) is 3.56. The van der Waals surface area contributed by atoms with Crippen molar-refractivity contribution in [1.82, 2.24) is 14.4 Å². The van der Waals surface area contributed by atoms with Crippen LogP contribution >= 0.6 is 0 Å². The number of anilines is 1. The van der Waals surface area contributed by atoms with Crippen LogP contribution in [-0.2, 0) is 0 Å². The average molecular weight is 359 g/mol. The molecular weight excluding hydrogens is 346 g/mol. The van der Waals surface area contributed by atoms with Gasteiger partial charge < -0.3 is 5.32 Å². The number of hydrogen-bond acceptors (Lipinski definition) is 5. The molecule has 0 atom stereocenters. The second kappa shape index (κ2) is 6.68. The molecule has 0 fully saturated rings. The van der Waals surface area contributed by atoms with Crippen molar-refractivity contribution in [3.63, 3.8) is 0 Å². The summed E-state index contributed by atoms with van der Waals surface area (Å²) < 4.78 is 1.83. The quantitative estimate of drug-likeness (QED) is 0.443. The van der Waals surface area contributed by atoms with Crippen LogP contribution in [0, 0.1) is 10.1 Å². The van der Waals surface area contributed by atoms with Gasteiger partial charge in [0.1, 0.15) is 0 Å². The van der Waals surface area contributed by atoms with Crippen molar-refractivity contribution in [2.75, 3.05) is 5.32 Å². The largest absolute Gasteiger partial charge is 0.322 e. The molecule has 0 aliphatic rings. The van der Waals surface area contributed by atoms with E-state index in [1.807, 2.05) is 35.0 Å². The first kappa shape index (κ1) is 16.4. The first-order valence-corrected chi connectivity index (χ1v) is 8.06. The fourth-order valence-corrected chi connectivity index (χ4v) is 2.66. The molecule has 4 aromatic rings. The fraction of sp³-hybridized carbons (Fsp3) is 0. The van der Waals surface area contributed by atoms with Crippen LogP contribution in [-0.4, -0.2) is 25.2 Å². The van der Waals surface area contributed by atoms with E-state index in [0.717, 1.165) is 11.3 Å². The van der Waals surface area contributed by atoms with Crippen LogP contribution in [0.25, 0.3) is 17.0 Å². The maximum Gasteiger partial charge on any atom is 0.270 e. The van der Waals surface area contributed by atoms with Crippen LogP contribution in [0.15, 0.2) is 73.2 Å². The Morgan fingerprint density at radius 1 is 1.11 bits per heavy atom. The van der Waals surface area contributed by atoms with Gasteiger partial charge in [-0.25, -0.2) is 9.97 Å². The van der Waals surface area contributed by atoms with E-state index in [9.17, 15) is 14.9 Å². The molecule has 0 radical (unpaired) electrons. The molecule has 2 aromatic carbocycles. The summed E-state index contributed by atoms with van der Waals surface area (Å²) in [5, 5.41) is 13.6. The molecule has 0 spiro atoms. The van der Waals surface area contributed by atoms with Crippen LogP contribution in [0.4, 0.5) is 11.4 Å². The first-order valence-electron chi connectivity index (χ1n) is 8.06. The zero-order valence-corrected chi connectivity index (χ0v) is 13.9. The summed E-state index contributed by atoms with van der Waals surface area (Å²) in [6.07, 6.45) is 5.42. The zero-order valence-electron chi connectivity index (χ0n) is 13.9. The van der Waals surface area contributed by atoms with E-state index in [0.29, 0.717) is 11.5 Å². The highest BCUT2D eigenvalue weighted by Crippen LogP contribution is 2.21. The highest BCUT2D eigenvalue weighted by Gasteiger charge is 2.12. The van der Waals surface area contributed by atoms with Crippen molar-refractivity contribution in [2.45, 2.75) is 0 Å². The lowest BCUT2D eigenvalue weighted by Gasteiger charge is -2.06. The molecule has 0 aliphatic carbocycles. The summed E-state index contributed by atoms with van der Waals surface area (Å²) in [4.78, 5) is 31.2. The number of aromatic nitrogens is 3. The third-order valence-electron chi connectivity index (χ3n) is 3.99. The number of nitrogens with zero attached hydrogens (tertiary/aromatic N) is 4. The van der Waals surface area contributed by atoms with E-state index in [4.69, 9.17) is 0 Å². The minimum Gasteiger partial charge on any atom is -0.322 e. The Kier molecular flexibility index (Phi) is 4.06. The Labute approximate surface area is 153 Å². The van der Waals surface area contributed by atoms with E-state index in [1.165, 1.54) is 24.3 Å². The van der Waals surface area contributed by atoms with Crippen LogP contribution in [0.3, 0.4) is 0 Å². The Morgan fingerprint density at radius 2 is 1.93 bits per heavy atom. The summed E-state index contributed by atoms with van der Waals surface area (Å²) in [6.45, 7) is 0. The zero-order chi connectivity index (χ0) is 18.8. The monoisotopic (exact) mass is 359 g/mol. The molecule has 2 aromatic heterocycles. The molecule has 1 N–H and O–H groups in total. The molecular formula is C19H13N5O3. The summed E-state index contributed by atoms with van der Waals surface area (Å²) in [7, 11) is 0. The number of benzene rings is 2. The topological polar surface area (TPSA) is 102 Å². The highest BCUT2D eigenvalue weighted by molar-refractivity contribution is 6.04. The second-order valence-electron chi connectivity index (χ2n) is 5.79. The predicted molar refractivity (Wildman–Crippen MR) is 99.5 cm³/mol. The fourth-order valence-electron chi connectivity index (χ4n) is 2.66. The van der Waals surface area contributed by atoms with E-state index < -0.39 is 10.8 Å². The summed E-state index contributed by atoms with van der Waals surface area (Å²) in [5.41, 5.74) is 2.33. The molecule has 0 saturated heterocycles. The maximum absolute atomic E-state index is 12.3. The Morgan fingerprint density at radius 3 is 2.67 bits per heavy atom. The van der Waals surface area contributed by atoms with Gasteiger partial charge in [-0.3, -0.25) is 19.3 Å². The molecule has 0 bridgehead atoms. The normalized spacial score (nSPS) is 10.7. The van der Waals surface area contributed by atoms with Gasteiger partial charge in [0, 0.05) is 47.5 Å². The Bertz CT molecular complexity index is 1120. The summed E-state index contributed by atoms with van der Waals surface area (Å²) in [6, 6.07) is 14.6. The smallest absolute Gasteiger partial charge is 0.270 e. The lowest BCUT2D eigenvalue weighted by atomic mass is 10.1. The van der Waals surface area contributed by atoms with Crippen LogP contribution in [0.1, 0.15) is 10.4 Å². The number of hydrogen-bond donors (Lipinski definition) is 1. The van der Waals surface area contributed by atoms with E-state index >= 15 is 0 Å². The van der Waals surface area contributed by atoms with Crippen molar-refractivity contribution in [3.05, 3.63) is 88.9 Å². The number of fused-ring (bicyclic) bond motifs is 1. The van der Waals surface area contributed by atoms with E-state index in [1.54, 1.807) is 18.3 Å². The maximum atomic E-state index is 12.3. The minimum atomic E-state index is -0.532. The van der Waals surface area contributed by atoms with Crippen LogP contribution in [0.2, 0.25) is 0 Å². The van der Waals surface area contributed by atoms with Crippen LogP contribution < -0.4 is 5.32 Å². The minimum absolute atomic E-state index is 0.126. The number of amides is 1. The molecule has 0 saturated carbocycles. The standard InChI is InChI=1S/C19H13N5O3/c25-18(14-3-1-4-16(11-14)24(26)27)21-15-7-5-13(6-8-15)17-12-23-10-2-9-20-19(23)22-17/h1-12H,(H,21,25). The summed E-state index contributed by atoms with van der Waals surface area (Å²) in [5.74, 6) is 0.193. The molecule has 1 amide bonds. The number of non-ortho nitro benzene ring substituents is 1. The molecule has 8 nitrogen and oxygen atoms in total. The Balaban J connectivity index is 1.53. The van der Waals surface area contributed by atoms with Gasteiger partial charge in [0.2, 0.25) is 5.78 Å². The SMILES string of the molecule is O=C(Nc1ccc(-c2cn3cccnc3n2)cc1)c1cccc([N+](=O)[O-])c1. The van der Waals surface area contributed by atoms with Crippen molar-refractivity contribution < 1.29 is 9.72 Å². The number of nitro benzene ring substituents is 1. The van der Waals surface area contributed by atoms with Gasteiger partial charge in [-0.15, -0.1) is 0 Å². The van der Waals surface area contributed by atoms with Gasteiger partial charge in [0.15, 0.2) is 0 Å². The van der Waals surface area contributed by atoms with E-state index in [-0.39, 0.29) is 11.3 Å². The van der Waals surface area contributed by atoms with Gasteiger partial charge in [0.25, 0.3) is 11.6 Å². The summed E-state index contributed by atoms with van der Waals surface area (Å²) >= 11 is 0. The van der Waals surface area contributed by atoms with Gasteiger partial charge in [0.05, 0.1) is 10.6 Å². The number of carbonyl (C=O) groups is 1. The molecule has 2 heterocycles. The molecule has 132 valence electrons. The molecule has 0 aliphatic heterocycles. The molecule has 4 rings (SSSR count). The average Bonchev–Trinajstić information content (AvgIpc) is 3.13. The first-order chi connectivity index (χ1) is 13.1. The van der Waals surface area contributed by atoms with Gasteiger partial charge in [-0.05, 0) is 24.3 Å². The molecule has 0 unspecified atom stereocenters. The molecule has 8 heteroatoms. The van der Waals surface area contributed by atoms with Crippen LogP contribution in [0.5, 0.6) is 0 Å². The lowest BCUT2D eigenvalue weighted by molar-refractivity contribution is -0.384. The van der Waals surface area contributed by atoms with Crippen molar-refractivity contribution >= 4 is 23.1 Å². The van der Waals surface area contributed by atoms with Crippen molar-refractivity contribution in [2.24, 2.45) is 0 Å². The number of nitrogens with one attached hydrogen (secondary N) is 1. The number of imidazole rings is 1. The van der Waals surface area contributed by atoms with Crippen molar-refractivity contribution in [3.8, 4) is 11.3 Å². The van der Waals surface area contributed by atoms with Gasteiger partial charge in [-0.2, -0.15) is 0 Å².